The molecule has 3 aliphatic heterocycles. The van der Waals surface area contributed by atoms with Crippen LogP contribution in [-0.4, -0.2) is 39.2 Å². The van der Waals surface area contributed by atoms with Gasteiger partial charge < -0.3 is 10.0 Å². The van der Waals surface area contributed by atoms with Gasteiger partial charge in [-0.2, -0.15) is 0 Å². The highest BCUT2D eigenvalue weighted by molar-refractivity contribution is 5.23. The van der Waals surface area contributed by atoms with Crippen molar-refractivity contribution < 1.29 is 5.11 Å². The van der Waals surface area contributed by atoms with Gasteiger partial charge in [0.1, 0.15) is 0 Å². The molecule has 0 radical (unpaired) electrons. The van der Waals surface area contributed by atoms with Gasteiger partial charge in [0.25, 0.3) is 5.56 Å². The minimum atomic E-state index is -0.488. The van der Waals surface area contributed by atoms with E-state index >= 15 is 0 Å². The first kappa shape index (κ1) is 12.5. The second-order valence-electron chi connectivity index (χ2n) is 5.49. The summed E-state index contributed by atoms with van der Waals surface area (Å²) in [7, 11) is 0. The first-order valence-corrected chi connectivity index (χ1v) is 6.90. The van der Waals surface area contributed by atoms with Crippen molar-refractivity contribution in [2.24, 2.45) is 5.92 Å². The molecule has 2 N–H and O–H groups in total. The normalized spacial score (nSPS) is 29.6. The Morgan fingerprint density at radius 2 is 2.00 bits per heavy atom. The first-order valence-electron chi connectivity index (χ1n) is 6.90. The minimum Gasteiger partial charge on any atom is -0.494 e. The second-order valence-corrected chi connectivity index (χ2v) is 5.49. The fraction of sp³-hybridized carbons (Fsp3) is 0.692. The van der Waals surface area contributed by atoms with Gasteiger partial charge in [-0.1, -0.05) is 6.92 Å². The molecule has 0 aliphatic carbocycles. The van der Waals surface area contributed by atoms with E-state index < -0.39 is 11.2 Å². The highest BCUT2D eigenvalue weighted by atomic mass is 16.3. The van der Waals surface area contributed by atoms with E-state index in [2.05, 4.69) is 9.88 Å². The molecule has 0 aromatic carbocycles. The summed E-state index contributed by atoms with van der Waals surface area (Å²) in [4.78, 5) is 28.3. The molecule has 4 rings (SSSR count). The Bertz CT molecular complexity index is 596. The van der Waals surface area contributed by atoms with Crippen molar-refractivity contribution in [2.45, 2.75) is 32.2 Å². The summed E-state index contributed by atoms with van der Waals surface area (Å²) in [6.45, 7) is 4.73. The quantitative estimate of drug-likeness (QED) is 0.793. The summed E-state index contributed by atoms with van der Waals surface area (Å²) in [6, 6.07) is -0.0165. The molecule has 0 spiro atoms. The SMILES string of the molecule is CCc1c(O)n(C2CN3CCC2CC3)c(=O)[nH]c1=O. The number of piperidine rings is 3. The molecule has 104 valence electrons. The van der Waals surface area contributed by atoms with Crippen LogP contribution in [0, 0.1) is 5.92 Å². The predicted octanol–water partition coefficient (Wildman–Crippen LogP) is 0.0713. The van der Waals surface area contributed by atoms with Crippen molar-refractivity contribution >= 4 is 0 Å². The standard InChI is InChI=1S/C13H19N3O3/c1-2-9-11(17)14-13(19)16(12(9)18)10-7-15-5-3-8(10)4-6-15/h8,10,18H,2-7H2,1H3,(H,14,17,19). The molecule has 3 aliphatic rings. The van der Waals surface area contributed by atoms with Gasteiger partial charge in [0.2, 0.25) is 5.88 Å². The molecule has 1 atom stereocenters. The zero-order valence-electron chi connectivity index (χ0n) is 11.1. The van der Waals surface area contributed by atoms with Crippen molar-refractivity contribution in [3.05, 3.63) is 26.4 Å². The molecule has 0 saturated carbocycles. The molecule has 19 heavy (non-hydrogen) atoms. The topological polar surface area (TPSA) is 78.3 Å². The Hall–Kier alpha value is -1.56. The molecule has 1 unspecified atom stereocenters. The van der Waals surface area contributed by atoms with Gasteiger partial charge in [-0.05, 0) is 38.3 Å². The summed E-state index contributed by atoms with van der Waals surface area (Å²) in [5.74, 6) is 0.277. The Labute approximate surface area is 110 Å². The van der Waals surface area contributed by atoms with E-state index in [0.717, 1.165) is 32.5 Å². The minimum absolute atomic E-state index is 0.0165. The molecule has 6 nitrogen and oxygen atoms in total. The van der Waals surface area contributed by atoms with E-state index in [0.29, 0.717) is 17.9 Å². The van der Waals surface area contributed by atoms with Crippen molar-refractivity contribution in [1.29, 1.82) is 0 Å². The Morgan fingerprint density at radius 1 is 1.32 bits per heavy atom. The predicted molar refractivity (Wildman–Crippen MR) is 70.6 cm³/mol. The summed E-state index contributed by atoms with van der Waals surface area (Å²) in [5, 5.41) is 10.3. The molecule has 1 aromatic rings. The van der Waals surface area contributed by atoms with E-state index in [1.165, 1.54) is 4.57 Å². The van der Waals surface area contributed by atoms with Crippen LogP contribution in [0.5, 0.6) is 5.88 Å². The maximum absolute atomic E-state index is 12.0. The average Bonchev–Trinajstić information content (AvgIpc) is 2.40. The van der Waals surface area contributed by atoms with Crippen LogP contribution in [0.3, 0.4) is 0 Å². The molecular weight excluding hydrogens is 246 g/mol. The maximum Gasteiger partial charge on any atom is 0.331 e. The van der Waals surface area contributed by atoms with Gasteiger partial charge in [-0.25, -0.2) is 4.79 Å². The lowest BCUT2D eigenvalue weighted by atomic mass is 9.84. The number of fused-ring (bicyclic) bond motifs is 3. The fourth-order valence-electron chi connectivity index (χ4n) is 3.43. The van der Waals surface area contributed by atoms with Crippen LogP contribution in [0.25, 0.3) is 0 Å². The first-order chi connectivity index (χ1) is 9.11. The molecule has 0 amide bonds. The van der Waals surface area contributed by atoms with Crippen molar-refractivity contribution in [2.75, 3.05) is 19.6 Å². The van der Waals surface area contributed by atoms with Crippen LogP contribution in [0.1, 0.15) is 31.4 Å². The van der Waals surface area contributed by atoms with Gasteiger partial charge in [0.15, 0.2) is 0 Å². The molecule has 6 heteroatoms. The molecule has 4 heterocycles. The Balaban J connectivity index is 2.10. The van der Waals surface area contributed by atoms with Crippen molar-refractivity contribution in [1.82, 2.24) is 14.5 Å². The maximum atomic E-state index is 12.0. The average molecular weight is 265 g/mol. The lowest BCUT2D eigenvalue weighted by Gasteiger charge is -2.45. The molecular formula is C13H19N3O3. The van der Waals surface area contributed by atoms with Crippen LogP contribution in [0.2, 0.25) is 0 Å². The van der Waals surface area contributed by atoms with E-state index in [9.17, 15) is 14.7 Å². The van der Waals surface area contributed by atoms with Gasteiger partial charge in [-0.3, -0.25) is 14.3 Å². The van der Waals surface area contributed by atoms with Gasteiger partial charge >= 0.3 is 5.69 Å². The van der Waals surface area contributed by atoms with Crippen LogP contribution >= 0.6 is 0 Å². The van der Waals surface area contributed by atoms with E-state index in [4.69, 9.17) is 0 Å². The van der Waals surface area contributed by atoms with Crippen LogP contribution in [0.4, 0.5) is 0 Å². The highest BCUT2D eigenvalue weighted by Crippen LogP contribution is 2.36. The van der Waals surface area contributed by atoms with Crippen molar-refractivity contribution in [3.63, 3.8) is 0 Å². The molecule has 3 fully saturated rings. The molecule has 1 aromatic heterocycles. The molecule has 3 saturated heterocycles. The lowest BCUT2D eigenvalue weighted by Crippen LogP contribution is -2.51. The monoisotopic (exact) mass is 265 g/mol. The number of rotatable bonds is 2. The Kier molecular flexibility index (Phi) is 2.97. The second kappa shape index (κ2) is 4.52. The van der Waals surface area contributed by atoms with Crippen LogP contribution in [0.15, 0.2) is 9.59 Å². The number of aromatic hydroxyl groups is 1. The van der Waals surface area contributed by atoms with Crippen molar-refractivity contribution in [3.8, 4) is 5.88 Å². The zero-order valence-corrected chi connectivity index (χ0v) is 11.1. The van der Waals surface area contributed by atoms with Gasteiger partial charge in [0, 0.05) is 6.54 Å². The third-order valence-electron chi connectivity index (χ3n) is 4.52. The number of hydrogen-bond donors (Lipinski definition) is 2. The van der Waals surface area contributed by atoms with Gasteiger partial charge in [-0.15, -0.1) is 0 Å². The lowest BCUT2D eigenvalue weighted by molar-refractivity contribution is 0.0507. The largest absolute Gasteiger partial charge is 0.494 e. The Morgan fingerprint density at radius 3 is 2.53 bits per heavy atom. The third kappa shape index (κ3) is 1.90. The number of hydrogen-bond acceptors (Lipinski definition) is 4. The zero-order chi connectivity index (χ0) is 13.6. The third-order valence-corrected chi connectivity index (χ3v) is 4.52. The van der Waals surface area contributed by atoms with Crippen LogP contribution < -0.4 is 11.2 Å². The van der Waals surface area contributed by atoms with Crippen LogP contribution in [-0.2, 0) is 6.42 Å². The number of nitrogens with one attached hydrogen (secondary N) is 1. The van der Waals surface area contributed by atoms with E-state index in [1.54, 1.807) is 6.92 Å². The summed E-state index contributed by atoms with van der Waals surface area (Å²) >= 11 is 0. The smallest absolute Gasteiger partial charge is 0.331 e. The number of aromatic nitrogens is 2. The summed E-state index contributed by atoms with van der Waals surface area (Å²) in [6.07, 6.45) is 2.52. The number of aromatic amines is 1. The van der Waals surface area contributed by atoms with E-state index in [1.807, 2.05) is 0 Å². The number of H-pyrrole nitrogens is 1. The van der Waals surface area contributed by atoms with Gasteiger partial charge in [0.05, 0.1) is 11.6 Å². The highest BCUT2D eigenvalue weighted by Gasteiger charge is 2.37. The summed E-state index contributed by atoms with van der Waals surface area (Å²) < 4.78 is 1.40. The van der Waals surface area contributed by atoms with E-state index in [-0.39, 0.29) is 11.9 Å². The molecule has 2 bridgehead atoms. The fourth-order valence-corrected chi connectivity index (χ4v) is 3.43. The number of nitrogens with zero attached hydrogens (tertiary/aromatic N) is 2. The summed E-state index contributed by atoms with van der Waals surface area (Å²) in [5.41, 5.74) is -0.656.